The molecule has 25 heavy (non-hydrogen) atoms. The normalized spacial score (nSPS) is 10.4. The second kappa shape index (κ2) is 8.05. The van der Waals surface area contributed by atoms with Crippen molar-refractivity contribution >= 4 is 11.6 Å². The minimum absolute atomic E-state index is 0.114. The topological polar surface area (TPSA) is 69.0 Å². The van der Waals surface area contributed by atoms with Crippen molar-refractivity contribution in [3.63, 3.8) is 0 Å². The fourth-order valence-electron chi connectivity index (χ4n) is 2.18. The first-order valence-corrected chi connectivity index (χ1v) is 7.85. The highest BCUT2D eigenvalue weighted by Crippen LogP contribution is 2.12. The Morgan fingerprint density at radius 3 is 2.72 bits per heavy atom. The molecule has 0 aliphatic carbocycles. The van der Waals surface area contributed by atoms with Crippen molar-refractivity contribution < 1.29 is 13.9 Å². The Morgan fingerprint density at radius 1 is 1.20 bits per heavy atom. The molecule has 2 heterocycles. The van der Waals surface area contributed by atoms with Crippen molar-refractivity contribution in [2.24, 2.45) is 0 Å². The van der Waals surface area contributed by atoms with E-state index < -0.39 is 0 Å². The molecule has 3 aromatic rings. The number of pyridine rings is 1. The molecule has 7 heteroatoms. The predicted molar refractivity (Wildman–Crippen MR) is 91.1 cm³/mol. The minimum Gasteiger partial charge on any atom is -0.494 e. The molecule has 1 N–H and O–H groups in total. The van der Waals surface area contributed by atoms with Gasteiger partial charge in [-0.15, -0.1) is 0 Å². The van der Waals surface area contributed by atoms with E-state index in [0.29, 0.717) is 36.7 Å². The number of carbonyl (C=O) groups excluding carboxylic acids is 1. The third-order valence-corrected chi connectivity index (χ3v) is 3.40. The molecule has 0 atom stereocenters. The lowest BCUT2D eigenvalue weighted by Gasteiger charge is -2.07. The summed E-state index contributed by atoms with van der Waals surface area (Å²) in [6.45, 7) is 0.384. The Bertz CT molecular complexity index is 802. The summed E-state index contributed by atoms with van der Waals surface area (Å²) in [5.41, 5.74) is 0.625. The number of hydrogen-bond donors (Lipinski definition) is 1. The lowest BCUT2D eigenvalue weighted by Crippen LogP contribution is -2.13. The molecule has 3 rings (SSSR count). The first kappa shape index (κ1) is 16.6. The second-order valence-electron chi connectivity index (χ2n) is 5.31. The molecule has 0 aliphatic heterocycles. The van der Waals surface area contributed by atoms with Gasteiger partial charge in [-0.1, -0.05) is 0 Å². The van der Waals surface area contributed by atoms with Crippen molar-refractivity contribution in [1.29, 1.82) is 0 Å². The monoisotopic (exact) mass is 340 g/mol. The van der Waals surface area contributed by atoms with Crippen LogP contribution in [0.5, 0.6) is 5.75 Å². The van der Waals surface area contributed by atoms with Gasteiger partial charge in [0.1, 0.15) is 11.6 Å². The summed E-state index contributed by atoms with van der Waals surface area (Å²) in [5.74, 6) is 0.839. The summed E-state index contributed by atoms with van der Waals surface area (Å²) in [7, 11) is 0. The van der Waals surface area contributed by atoms with E-state index in [4.69, 9.17) is 4.74 Å². The number of anilines is 1. The number of benzene rings is 1. The Labute approximate surface area is 144 Å². The summed E-state index contributed by atoms with van der Waals surface area (Å²) in [5, 5.41) is 6.87. The molecule has 0 unspecified atom stereocenters. The molecule has 0 bridgehead atoms. The maximum Gasteiger partial charge on any atom is 0.224 e. The summed E-state index contributed by atoms with van der Waals surface area (Å²) in [6.07, 6.45) is 5.93. The van der Waals surface area contributed by atoms with Gasteiger partial charge in [-0.05, 0) is 48.9 Å². The number of rotatable bonds is 7. The number of hydrogen-bond acceptors (Lipinski definition) is 4. The Kier molecular flexibility index (Phi) is 5.36. The fourth-order valence-corrected chi connectivity index (χ4v) is 2.18. The van der Waals surface area contributed by atoms with Gasteiger partial charge in [-0.2, -0.15) is 5.10 Å². The Hall–Kier alpha value is -3.22. The van der Waals surface area contributed by atoms with Crippen LogP contribution in [-0.4, -0.2) is 27.3 Å². The number of ether oxygens (including phenoxy) is 1. The van der Waals surface area contributed by atoms with Crippen molar-refractivity contribution in [2.45, 2.75) is 12.8 Å². The Morgan fingerprint density at radius 2 is 2.04 bits per heavy atom. The maximum absolute atomic E-state index is 12.8. The highest BCUT2D eigenvalue weighted by molar-refractivity contribution is 5.90. The van der Waals surface area contributed by atoms with Gasteiger partial charge in [0.25, 0.3) is 0 Å². The Balaban J connectivity index is 1.41. The van der Waals surface area contributed by atoms with Gasteiger partial charge in [0.2, 0.25) is 5.91 Å². The van der Waals surface area contributed by atoms with Crippen LogP contribution >= 0.6 is 0 Å². The molecule has 0 spiro atoms. The van der Waals surface area contributed by atoms with Gasteiger partial charge < -0.3 is 10.1 Å². The second-order valence-corrected chi connectivity index (χ2v) is 5.31. The highest BCUT2D eigenvalue weighted by atomic mass is 19.1. The van der Waals surface area contributed by atoms with Crippen LogP contribution < -0.4 is 10.1 Å². The molecule has 0 saturated heterocycles. The third-order valence-electron chi connectivity index (χ3n) is 3.40. The molecule has 0 saturated carbocycles. The third kappa shape index (κ3) is 4.87. The molecular formula is C18H17FN4O2. The van der Waals surface area contributed by atoms with E-state index in [0.717, 1.165) is 0 Å². The molecule has 128 valence electrons. The van der Waals surface area contributed by atoms with Gasteiger partial charge in [-0.3, -0.25) is 4.79 Å². The van der Waals surface area contributed by atoms with Crippen molar-refractivity contribution in [2.75, 3.05) is 11.9 Å². The van der Waals surface area contributed by atoms with E-state index in [-0.39, 0.29) is 11.7 Å². The molecule has 0 radical (unpaired) electrons. The fraction of sp³-hybridized carbons (Fsp3) is 0.167. The van der Waals surface area contributed by atoms with Gasteiger partial charge in [0.15, 0.2) is 5.82 Å². The first-order valence-electron chi connectivity index (χ1n) is 7.85. The standard InChI is InChI=1S/C18H17FN4O2/c19-14-4-7-16(8-5-14)25-12-1-3-18(24)22-15-6-9-17(20-13-15)23-11-2-10-21-23/h2,4-11,13H,1,3,12H2,(H,22,24). The summed E-state index contributed by atoms with van der Waals surface area (Å²) in [6, 6.07) is 11.1. The number of amides is 1. The summed E-state index contributed by atoms with van der Waals surface area (Å²) < 4.78 is 19.9. The average Bonchev–Trinajstić information content (AvgIpc) is 3.15. The van der Waals surface area contributed by atoms with Gasteiger partial charge in [0, 0.05) is 18.8 Å². The van der Waals surface area contributed by atoms with E-state index >= 15 is 0 Å². The van der Waals surface area contributed by atoms with E-state index in [2.05, 4.69) is 15.4 Å². The number of nitrogens with zero attached hydrogens (tertiary/aromatic N) is 3. The smallest absolute Gasteiger partial charge is 0.224 e. The van der Waals surface area contributed by atoms with Crippen LogP contribution in [0.25, 0.3) is 5.82 Å². The lowest BCUT2D eigenvalue weighted by molar-refractivity contribution is -0.116. The van der Waals surface area contributed by atoms with Crippen molar-refractivity contribution in [3.05, 3.63) is 66.9 Å². The molecule has 1 aromatic carbocycles. The predicted octanol–water partition coefficient (Wildman–Crippen LogP) is 3.20. The molecule has 2 aromatic heterocycles. The average molecular weight is 340 g/mol. The zero-order valence-corrected chi connectivity index (χ0v) is 13.4. The van der Waals surface area contributed by atoms with Crippen LogP contribution in [0.2, 0.25) is 0 Å². The quantitative estimate of drug-likeness (QED) is 0.671. The van der Waals surface area contributed by atoms with Gasteiger partial charge in [-0.25, -0.2) is 14.1 Å². The SMILES string of the molecule is O=C(CCCOc1ccc(F)cc1)Nc1ccc(-n2cccn2)nc1. The first-order chi connectivity index (χ1) is 12.2. The van der Waals surface area contributed by atoms with Crippen molar-refractivity contribution in [3.8, 4) is 11.6 Å². The maximum atomic E-state index is 12.8. The zero-order chi connectivity index (χ0) is 17.5. The molecule has 0 aliphatic rings. The number of carbonyl (C=O) groups is 1. The molecular weight excluding hydrogens is 323 g/mol. The van der Waals surface area contributed by atoms with Crippen LogP contribution in [0.3, 0.4) is 0 Å². The van der Waals surface area contributed by atoms with E-state index in [1.807, 2.05) is 6.07 Å². The van der Waals surface area contributed by atoms with Crippen LogP contribution in [0, 0.1) is 5.82 Å². The summed E-state index contributed by atoms with van der Waals surface area (Å²) in [4.78, 5) is 16.2. The largest absolute Gasteiger partial charge is 0.494 e. The molecule has 1 amide bonds. The highest BCUT2D eigenvalue weighted by Gasteiger charge is 2.04. The van der Waals surface area contributed by atoms with Crippen LogP contribution in [0.15, 0.2) is 61.1 Å². The lowest BCUT2D eigenvalue weighted by atomic mass is 10.3. The summed E-state index contributed by atoms with van der Waals surface area (Å²) >= 11 is 0. The van der Waals surface area contributed by atoms with E-state index in [9.17, 15) is 9.18 Å². The number of halogens is 1. The molecule has 6 nitrogen and oxygen atoms in total. The minimum atomic E-state index is -0.307. The molecule has 0 fully saturated rings. The number of nitrogens with one attached hydrogen (secondary N) is 1. The van der Waals surface area contributed by atoms with E-state index in [1.165, 1.54) is 12.1 Å². The number of aromatic nitrogens is 3. The van der Waals surface area contributed by atoms with Crippen LogP contribution in [0.1, 0.15) is 12.8 Å². The van der Waals surface area contributed by atoms with Gasteiger partial charge in [0.05, 0.1) is 18.5 Å². The zero-order valence-electron chi connectivity index (χ0n) is 13.4. The van der Waals surface area contributed by atoms with Gasteiger partial charge >= 0.3 is 0 Å². The van der Waals surface area contributed by atoms with E-state index in [1.54, 1.807) is 47.5 Å². The van der Waals surface area contributed by atoms with Crippen LogP contribution in [-0.2, 0) is 4.79 Å². The van der Waals surface area contributed by atoms with Crippen molar-refractivity contribution in [1.82, 2.24) is 14.8 Å². The van der Waals surface area contributed by atoms with Crippen LogP contribution in [0.4, 0.5) is 10.1 Å².